The van der Waals surface area contributed by atoms with Gasteiger partial charge in [0, 0.05) is 43.4 Å². The highest BCUT2D eigenvalue weighted by atomic mass is 16.3. The van der Waals surface area contributed by atoms with E-state index >= 15 is 0 Å². The highest BCUT2D eigenvalue weighted by molar-refractivity contribution is 6.26. The molecule has 2 aliphatic carbocycles. The van der Waals surface area contributed by atoms with E-state index in [-0.39, 0.29) is 0 Å². The number of nitrogens with zero attached hydrogens (tertiary/aromatic N) is 4. The van der Waals surface area contributed by atoms with Crippen molar-refractivity contribution in [3.8, 4) is 39.9 Å². The van der Waals surface area contributed by atoms with E-state index in [0.717, 1.165) is 66.0 Å². The SMILES string of the molecule is c1ccc2c(c1)-c1ccccc1C21c2cccc3ccc4c(c23)c2c1cccc2n4-c1nc(-c2ccc3oc4ccccc4c3c2)nc(-c2ccc3oc4ccccc4c3c2)n1. The molecule has 15 rings (SSSR count). The summed E-state index contributed by atoms with van der Waals surface area (Å²) >= 11 is 0. The van der Waals surface area contributed by atoms with Crippen LogP contribution in [0.5, 0.6) is 0 Å². The number of fused-ring (bicyclic) bond motifs is 13. The lowest BCUT2D eigenvalue weighted by atomic mass is 9.63. The Morgan fingerprint density at radius 3 is 1.53 bits per heavy atom. The lowest BCUT2D eigenvalue weighted by Gasteiger charge is -2.37. The van der Waals surface area contributed by atoms with Crippen LogP contribution in [0.15, 0.2) is 191 Å². The van der Waals surface area contributed by atoms with Crippen molar-refractivity contribution < 1.29 is 8.83 Å². The minimum absolute atomic E-state index is 0.513. The van der Waals surface area contributed by atoms with Gasteiger partial charge in [0.25, 0.3) is 0 Å². The maximum atomic E-state index is 6.25. The summed E-state index contributed by atoms with van der Waals surface area (Å²) in [6.45, 7) is 0. The Kier molecular flexibility index (Phi) is 6.01. The largest absolute Gasteiger partial charge is 0.456 e. The van der Waals surface area contributed by atoms with Crippen LogP contribution in [-0.2, 0) is 5.41 Å². The zero-order chi connectivity index (χ0) is 40.3. The molecule has 6 heteroatoms. The maximum Gasteiger partial charge on any atom is 0.238 e. The molecule has 62 heavy (non-hydrogen) atoms. The number of aromatic nitrogens is 4. The first-order valence-corrected chi connectivity index (χ1v) is 21.0. The number of hydrogen-bond acceptors (Lipinski definition) is 5. The number of furan rings is 2. The molecule has 2 aliphatic rings. The molecule has 0 N–H and O–H groups in total. The van der Waals surface area contributed by atoms with Gasteiger partial charge in [-0.1, -0.05) is 121 Å². The third kappa shape index (κ3) is 3.97. The highest BCUT2D eigenvalue weighted by Crippen LogP contribution is 2.62. The predicted octanol–water partition coefficient (Wildman–Crippen LogP) is 13.9. The van der Waals surface area contributed by atoms with Crippen molar-refractivity contribution in [2.75, 3.05) is 0 Å². The molecule has 286 valence electrons. The Labute approximate surface area is 353 Å². The second-order valence-corrected chi connectivity index (χ2v) is 16.6. The van der Waals surface area contributed by atoms with E-state index in [1.807, 2.05) is 48.5 Å². The molecule has 6 nitrogen and oxygen atoms in total. The number of para-hydroxylation sites is 2. The standard InChI is InChI=1S/C56H30N4O2/c1-5-16-40-34(12-1)35-13-2-6-17-41(35)56(40)42-18-9-11-31-23-26-45-52(50(31)42)51-43(56)19-10-20-44(51)60(45)55-58-53(32-24-27-48-38(29-32)36-14-3-7-21-46(36)61-48)57-54(59-55)33-25-28-49-39(30-33)37-15-4-8-22-47(37)62-49/h1-30H. The van der Waals surface area contributed by atoms with Crippen LogP contribution >= 0.6 is 0 Å². The molecule has 0 radical (unpaired) electrons. The molecule has 0 amide bonds. The Morgan fingerprint density at radius 1 is 0.371 bits per heavy atom. The van der Waals surface area contributed by atoms with Gasteiger partial charge >= 0.3 is 0 Å². The fourth-order valence-electron chi connectivity index (χ4n) is 11.2. The molecule has 0 unspecified atom stereocenters. The number of hydrogen-bond donors (Lipinski definition) is 0. The minimum atomic E-state index is -0.513. The second-order valence-electron chi connectivity index (χ2n) is 16.6. The second kappa shape index (κ2) is 11.5. The van der Waals surface area contributed by atoms with Gasteiger partial charge in [-0.2, -0.15) is 9.97 Å². The summed E-state index contributed by atoms with van der Waals surface area (Å²) in [5.74, 6) is 1.70. The molecule has 0 fully saturated rings. The molecule has 4 heterocycles. The third-order valence-electron chi connectivity index (χ3n) is 13.7. The van der Waals surface area contributed by atoms with E-state index < -0.39 is 5.41 Å². The van der Waals surface area contributed by atoms with Gasteiger partial charge < -0.3 is 8.83 Å². The lowest BCUT2D eigenvalue weighted by molar-refractivity contribution is 0.668. The summed E-state index contributed by atoms with van der Waals surface area (Å²) in [5, 5.41) is 9.05. The summed E-state index contributed by atoms with van der Waals surface area (Å²) in [6.07, 6.45) is 0. The van der Waals surface area contributed by atoms with Crippen molar-refractivity contribution in [3.05, 3.63) is 204 Å². The van der Waals surface area contributed by atoms with Gasteiger partial charge in [-0.25, -0.2) is 4.98 Å². The first kappa shape index (κ1) is 32.5. The highest BCUT2D eigenvalue weighted by Gasteiger charge is 2.50. The Morgan fingerprint density at radius 2 is 0.887 bits per heavy atom. The van der Waals surface area contributed by atoms with Gasteiger partial charge in [0.15, 0.2) is 11.6 Å². The predicted molar refractivity (Wildman–Crippen MR) is 248 cm³/mol. The van der Waals surface area contributed by atoms with Crippen LogP contribution in [0.3, 0.4) is 0 Å². The van der Waals surface area contributed by atoms with E-state index in [4.69, 9.17) is 23.8 Å². The number of benzene rings is 9. The average molecular weight is 791 g/mol. The average Bonchev–Trinajstić information content (AvgIpc) is 4.07. The summed E-state index contributed by atoms with van der Waals surface area (Å²) < 4.78 is 14.8. The van der Waals surface area contributed by atoms with Crippen LogP contribution in [0.1, 0.15) is 22.3 Å². The Balaban J connectivity index is 1.05. The molecular formula is C56H30N4O2. The van der Waals surface area contributed by atoms with Crippen LogP contribution < -0.4 is 0 Å². The van der Waals surface area contributed by atoms with Gasteiger partial charge in [-0.3, -0.25) is 4.57 Å². The summed E-state index contributed by atoms with van der Waals surface area (Å²) in [7, 11) is 0. The molecule has 0 atom stereocenters. The zero-order valence-corrected chi connectivity index (χ0v) is 32.9. The maximum absolute atomic E-state index is 6.25. The van der Waals surface area contributed by atoms with Crippen molar-refractivity contribution in [2.24, 2.45) is 0 Å². The molecule has 13 aromatic rings. The first-order valence-electron chi connectivity index (χ1n) is 21.0. The van der Waals surface area contributed by atoms with Crippen molar-refractivity contribution in [1.29, 1.82) is 0 Å². The Bertz CT molecular complexity index is 3950. The minimum Gasteiger partial charge on any atom is -0.456 e. The summed E-state index contributed by atoms with van der Waals surface area (Å²) in [4.78, 5) is 16.1. The van der Waals surface area contributed by atoms with Crippen molar-refractivity contribution in [1.82, 2.24) is 19.5 Å². The van der Waals surface area contributed by atoms with E-state index in [2.05, 4.69) is 138 Å². The molecule has 0 saturated carbocycles. The van der Waals surface area contributed by atoms with E-state index in [1.54, 1.807) is 0 Å². The van der Waals surface area contributed by atoms with Gasteiger partial charge in [-0.05, 0) is 105 Å². The van der Waals surface area contributed by atoms with E-state index in [1.165, 1.54) is 54.9 Å². The van der Waals surface area contributed by atoms with Crippen LogP contribution in [-0.4, -0.2) is 19.5 Å². The lowest BCUT2D eigenvalue weighted by Crippen LogP contribution is -2.30. The molecule has 1 spiro atoms. The smallest absolute Gasteiger partial charge is 0.238 e. The molecule has 4 aromatic heterocycles. The van der Waals surface area contributed by atoms with Crippen molar-refractivity contribution in [2.45, 2.75) is 5.41 Å². The van der Waals surface area contributed by atoms with Gasteiger partial charge in [0.05, 0.1) is 16.4 Å². The molecule has 0 aliphatic heterocycles. The first-order chi connectivity index (χ1) is 30.7. The number of rotatable bonds is 3. The van der Waals surface area contributed by atoms with E-state index in [0.29, 0.717) is 17.6 Å². The summed E-state index contributed by atoms with van der Waals surface area (Å²) in [5.41, 5.74) is 14.4. The third-order valence-corrected chi connectivity index (χ3v) is 13.7. The topological polar surface area (TPSA) is 69.9 Å². The van der Waals surface area contributed by atoms with Crippen molar-refractivity contribution >= 4 is 76.5 Å². The molecular weight excluding hydrogens is 761 g/mol. The molecule has 0 bridgehead atoms. The molecule has 0 saturated heterocycles. The monoisotopic (exact) mass is 790 g/mol. The fraction of sp³-hybridized carbons (Fsp3) is 0.0179. The van der Waals surface area contributed by atoms with E-state index in [9.17, 15) is 0 Å². The Hall–Kier alpha value is -8.35. The van der Waals surface area contributed by atoms with Gasteiger partial charge in [0.2, 0.25) is 5.95 Å². The van der Waals surface area contributed by atoms with Crippen LogP contribution in [0.25, 0.3) is 116 Å². The van der Waals surface area contributed by atoms with Gasteiger partial charge in [0.1, 0.15) is 22.3 Å². The fourth-order valence-corrected chi connectivity index (χ4v) is 11.2. The normalized spacial score (nSPS) is 13.6. The van der Waals surface area contributed by atoms with Gasteiger partial charge in [-0.15, -0.1) is 0 Å². The van der Waals surface area contributed by atoms with Crippen molar-refractivity contribution in [3.63, 3.8) is 0 Å². The summed E-state index contributed by atoms with van der Waals surface area (Å²) in [6, 6.07) is 64.8. The van der Waals surface area contributed by atoms with Crippen LogP contribution in [0.4, 0.5) is 0 Å². The quantitative estimate of drug-likeness (QED) is 0.178. The zero-order valence-electron chi connectivity index (χ0n) is 32.9. The van der Waals surface area contributed by atoms with Crippen LogP contribution in [0.2, 0.25) is 0 Å². The molecule has 9 aromatic carbocycles. The van der Waals surface area contributed by atoms with Crippen LogP contribution in [0, 0.1) is 0 Å².